The van der Waals surface area contributed by atoms with E-state index >= 15 is 0 Å². The van der Waals surface area contributed by atoms with Gasteiger partial charge in [-0.3, -0.25) is 5.32 Å². The molecule has 1 aromatic heterocycles. The van der Waals surface area contributed by atoms with E-state index in [1.165, 1.54) is 6.07 Å². The van der Waals surface area contributed by atoms with Crippen molar-refractivity contribution < 1.29 is 19.4 Å². The first-order chi connectivity index (χ1) is 10.1. The maximum atomic E-state index is 11.6. The van der Waals surface area contributed by atoms with Crippen LogP contribution >= 0.6 is 15.9 Å². The van der Waals surface area contributed by atoms with Gasteiger partial charge in [-0.25, -0.2) is 14.6 Å². The van der Waals surface area contributed by atoms with Gasteiger partial charge in [-0.1, -0.05) is 30.3 Å². The SMILES string of the molecule is O=C(Nc1ncc(C(=O)O)cc1Br)OCc1ccccc1. The van der Waals surface area contributed by atoms with Gasteiger partial charge in [0.25, 0.3) is 0 Å². The summed E-state index contributed by atoms with van der Waals surface area (Å²) in [5.41, 5.74) is 0.881. The lowest BCUT2D eigenvalue weighted by Gasteiger charge is -2.08. The van der Waals surface area contributed by atoms with Gasteiger partial charge in [0.05, 0.1) is 10.0 Å². The van der Waals surface area contributed by atoms with Crippen LogP contribution in [0.2, 0.25) is 0 Å². The smallest absolute Gasteiger partial charge is 0.413 e. The highest BCUT2D eigenvalue weighted by atomic mass is 79.9. The van der Waals surface area contributed by atoms with Crippen LogP contribution in [0, 0.1) is 0 Å². The number of aromatic carboxylic acids is 1. The predicted octanol–water partition coefficient (Wildman–Crippen LogP) is 3.29. The minimum atomic E-state index is -1.10. The van der Waals surface area contributed by atoms with Gasteiger partial charge in [0.1, 0.15) is 12.4 Å². The molecular formula is C14H11BrN2O4. The lowest BCUT2D eigenvalue weighted by molar-refractivity contribution is 0.0696. The monoisotopic (exact) mass is 350 g/mol. The van der Waals surface area contributed by atoms with E-state index in [9.17, 15) is 9.59 Å². The molecule has 0 saturated heterocycles. The maximum absolute atomic E-state index is 11.6. The number of halogens is 1. The number of aromatic nitrogens is 1. The van der Waals surface area contributed by atoms with Crippen molar-refractivity contribution in [2.75, 3.05) is 5.32 Å². The first-order valence-corrected chi connectivity index (χ1v) is 6.72. The molecule has 0 aliphatic heterocycles. The molecule has 0 aliphatic carbocycles. The van der Waals surface area contributed by atoms with E-state index < -0.39 is 12.1 Å². The van der Waals surface area contributed by atoms with Gasteiger partial charge in [0, 0.05) is 6.20 Å². The Balaban J connectivity index is 1.95. The highest BCUT2D eigenvalue weighted by molar-refractivity contribution is 9.10. The van der Waals surface area contributed by atoms with Crippen molar-refractivity contribution in [3.8, 4) is 0 Å². The summed E-state index contributed by atoms with van der Waals surface area (Å²) in [5, 5.41) is 11.3. The number of hydrogen-bond donors (Lipinski definition) is 2. The number of anilines is 1. The fourth-order valence-corrected chi connectivity index (χ4v) is 1.95. The summed E-state index contributed by atoms with van der Waals surface area (Å²) in [6, 6.07) is 10.6. The van der Waals surface area contributed by atoms with Crippen molar-refractivity contribution in [2.24, 2.45) is 0 Å². The molecule has 6 nitrogen and oxygen atoms in total. The number of carboxylic acid groups (broad SMARTS) is 1. The highest BCUT2D eigenvalue weighted by Gasteiger charge is 2.11. The number of carbonyl (C=O) groups excluding carboxylic acids is 1. The standard InChI is InChI=1S/C14H11BrN2O4/c15-11-6-10(13(18)19)7-16-12(11)17-14(20)21-8-9-4-2-1-3-5-9/h1-7H,8H2,(H,18,19)(H,16,17,20). The molecule has 0 bridgehead atoms. The van der Waals surface area contributed by atoms with E-state index in [4.69, 9.17) is 9.84 Å². The zero-order valence-corrected chi connectivity index (χ0v) is 12.3. The second kappa shape index (κ2) is 6.85. The zero-order chi connectivity index (χ0) is 15.2. The molecule has 0 atom stereocenters. The van der Waals surface area contributed by atoms with Crippen molar-refractivity contribution in [3.05, 3.63) is 58.2 Å². The summed E-state index contributed by atoms with van der Waals surface area (Å²) in [6.07, 6.45) is 0.482. The average molecular weight is 351 g/mol. The summed E-state index contributed by atoms with van der Waals surface area (Å²) >= 11 is 3.14. The van der Waals surface area contributed by atoms with Gasteiger partial charge in [0.2, 0.25) is 0 Å². The Hall–Kier alpha value is -2.41. The number of carbonyl (C=O) groups is 2. The molecule has 2 N–H and O–H groups in total. The van der Waals surface area contributed by atoms with E-state index in [0.29, 0.717) is 4.47 Å². The van der Waals surface area contributed by atoms with Crippen LogP contribution in [0.15, 0.2) is 47.1 Å². The third-order valence-electron chi connectivity index (χ3n) is 2.52. The first-order valence-electron chi connectivity index (χ1n) is 5.93. The third kappa shape index (κ3) is 4.28. The lowest BCUT2D eigenvalue weighted by atomic mass is 10.2. The molecule has 1 heterocycles. The second-order valence-corrected chi connectivity index (χ2v) is 4.90. The molecule has 0 spiro atoms. The minimum Gasteiger partial charge on any atom is -0.478 e. The summed E-state index contributed by atoms with van der Waals surface area (Å²) in [7, 11) is 0. The number of benzene rings is 1. The molecule has 0 radical (unpaired) electrons. The van der Waals surface area contributed by atoms with Crippen molar-refractivity contribution in [2.45, 2.75) is 6.61 Å². The average Bonchev–Trinajstić information content (AvgIpc) is 2.48. The Labute approximate surface area is 128 Å². The Morgan fingerprint density at radius 2 is 2.00 bits per heavy atom. The number of nitrogens with zero attached hydrogens (tertiary/aromatic N) is 1. The lowest BCUT2D eigenvalue weighted by Crippen LogP contribution is -2.15. The summed E-state index contributed by atoms with van der Waals surface area (Å²) in [5.74, 6) is -0.903. The van der Waals surface area contributed by atoms with Gasteiger partial charge < -0.3 is 9.84 Å². The molecular weight excluding hydrogens is 340 g/mol. The fourth-order valence-electron chi connectivity index (χ4n) is 1.50. The van der Waals surface area contributed by atoms with Crippen molar-refractivity contribution in [1.29, 1.82) is 0 Å². The van der Waals surface area contributed by atoms with Crippen LogP contribution in [0.1, 0.15) is 15.9 Å². The highest BCUT2D eigenvalue weighted by Crippen LogP contribution is 2.21. The van der Waals surface area contributed by atoms with Crippen LogP contribution in [0.4, 0.5) is 10.6 Å². The van der Waals surface area contributed by atoms with E-state index in [1.807, 2.05) is 30.3 Å². The Morgan fingerprint density at radius 3 is 2.62 bits per heavy atom. The van der Waals surface area contributed by atoms with Crippen molar-refractivity contribution in [1.82, 2.24) is 4.98 Å². The first kappa shape index (κ1) is 15.0. The molecule has 1 aromatic carbocycles. The molecule has 0 aliphatic rings. The quantitative estimate of drug-likeness (QED) is 0.882. The largest absolute Gasteiger partial charge is 0.478 e. The number of amides is 1. The van der Waals surface area contributed by atoms with Gasteiger partial charge in [-0.15, -0.1) is 0 Å². The number of carboxylic acids is 1. The van der Waals surface area contributed by atoms with E-state index in [1.54, 1.807) is 0 Å². The molecule has 2 aromatic rings. The Morgan fingerprint density at radius 1 is 1.29 bits per heavy atom. The van der Waals surface area contributed by atoms with Crippen LogP contribution in [0.5, 0.6) is 0 Å². The van der Waals surface area contributed by atoms with Crippen LogP contribution in [0.3, 0.4) is 0 Å². The normalized spacial score (nSPS) is 9.95. The summed E-state index contributed by atoms with van der Waals surface area (Å²) in [4.78, 5) is 26.3. The van der Waals surface area contributed by atoms with Crippen molar-refractivity contribution in [3.63, 3.8) is 0 Å². The second-order valence-electron chi connectivity index (χ2n) is 4.05. The maximum Gasteiger partial charge on any atom is 0.413 e. The minimum absolute atomic E-state index is 0.0186. The third-order valence-corrected chi connectivity index (χ3v) is 3.13. The molecule has 21 heavy (non-hydrogen) atoms. The molecule has 0 fully saturated rings. The number of hydrogen-bond acceptors (Lipinski definition) is 4. The molecule has 0 saturated carbocycles. The van der Waals surface area contributed by atoms with E-state index in [-0.39, 0.29) is 18.0 Å². The Kier molecular flexibility index (Phi) is 4.89. The molecule has 2 rings (SSSR count). The zero-order valence-electron chi connectivity index (χ0n) is 10.7. The van der Waals surface area contributed by atoms with Crippen LogP contribution in [-0.4, -0.2) is 22.2 Å². The summed E-state index contributed by atoms with van der Waals surface area (Å²) < 4.78 is 5.40. The summed E-state index contributed by atoms with van der Waals surface area (Å²) in [6.45, 7) is 0.136. The van der Waals surface area contributed by atoms with Crippen LogP contribution in [0.25, 0.3) is 0 Å². The molecule has 0 unspecified atom stereocenters. The molecule has 1 amide bonds. The van der Waals surface area contributed by atoms with Crippen LogP contribution in [-0.2, 0) is 11.3 Å². The number of nitrogens with one attached hydrogen (secondary N) is 1. The van der Waals surface area contributed by atoms with E-state index in [2.05, 4.69) is 26.2 Å². The van der Waals surface area contributed by atoms with Gasteiger partial charge >= 0.3 is 12.1 Å². The Bertz CT molecular complexity index is 661. The topological polar surface area (TPSA) is 88.5 Å². The van der Waals surface area contributed by atoms with Crippen LogP contribution < -0.4 is 5.32 Å². The predicted molar refractivity (Wildman–Crippen MR) is 79.1 cm³/mol. The van der Waals surface area contributed by atoms with Gasteiger partial charge in [-0.2, -0.15) is 0 Å². The molecule has 108 valence electrons. The number of ether oxygens (including phenoxy) is 1. The molecule has 7 heteroatoms. The van der Waals surface area contributed by atoms with Crippen molar-refractivity contribution >= 4 is 33.8 Å². The fraction of sp³-hybridized carbons (Fsp3) is 0.0714. The van der Waals surface area contributed by atoms with Gasteiger partial charge in [0.15, 0.2) is 0 Å². The van der Waals surface area contributed by atoms with Gasteiger partial charge in [-0.05, 0) is 27.6 Å². The number of rotatable bonds is 4. The van der Waals surface area contributed by atoms with E-state index in [0.717, 1.165) is 11.8 Å². The number of pyridine rings is 1.